The standard InChI is InChI=1S/C21H22N4O/c26-21(18-8-10-22-11-9-18)25-13-4-7-19(16-25)20-23-12-14-24(20)15-17-5-2-1-3-6-17/h1-3,5-6,8-12,14,19H,4,7,13,15-16H2/t19-/m0/s1. The Morgan fingerprint density at radius 2 is 1.88 bits per heavy atom. The Morgan fingerprint density at radius 1 is 1.08 bits per heavy atom. The van der Waals surface area contributed by atoms with Crippen LogP contribution in [0.5, 0.6) is 0 Å². The minimum atomic E-state index is 0.0817. The van der Waals surface area contributed by atoms with Crippen molar-refractivity contribution in [2.24, 2.45) is 0 Å². The molecule has 1 aliphatic heterocycles. The minimum Gasteiger partial charge on any atom is -0.338 e. The van der Waals surface area contributed by atoms with Gasteiger partial charge in [-0.2, -0.15) is 0 Å². The molecule has 3 aromatic rings. The van der Waals surface area contributed by atoms with Gasteiger partial charge in [0.2, 0.25) is 0 Å². The molecule has 132 valence electrons. The average molecular weight is 346 g/mol. The summed E-state index contributed by atoms with van der Waals surface area (Å²) in [5, 5.41) is 0. The number of pyridine rings is 1. The number of rotatable bonds is 4. The van der Waals surface area contributed by atoms with Crippen LogP contribution in [-0.2, 0) is 6.54 Å². The van der Waals surface area contributed by atoms with Gasteiger partial charge < -0.3 is 9.47 Å². The number of carbonyl (C=O) groups excluding carboxylic acids is 1. The maximum atomic E-state index is 12.8. The van der Waals surface area contributed by atoms with Crippen molar-refractivity contribution in [1.82, 2.24) is 19.4 Å². The third-order valence-corrected chi connectivity index (χ3v) is 4.94. The molecular formula is C21H22N4O. The van der Waals surface area contributed by atoms with Crippen LogP contribution in [0.3, 0.4) is 0 Å². The lowest BCUT2D eigenvalue weighted by Gasteiger charge is -2.32. The molecule has 0 spiro atoms. The molecule has 4 rings (SSSR count). The summed E-state index contributed by atoms with van der Waals surface area (Å²) in [5.41, 5.74) is 1.96. The quantitative estimate of drug-likeness (QED) is 0.728. The van der Waals surface area contributed by atoms with Crippen molar-refractivity contribution in [3.8, 4) is 0 Å². The molecule has 0 unspecified atom stereocenters. The molecule has 3 heterocycles. The van der Waals surface area contributed by atoms with Gasteiger partial charge in [-0.05, 0) is 30.5 Å². The fourth-order valence-electron chi connectivity index (χ4n) is 3.64. The summed E-state index contributed by atoms with van der Waals surface area (Å²) in [6, 6.07) is 14.0. The van der Waals surface area contributed by atoms with E-state index < -0.39 is 0 Å². The maximum absolute atomic E-state index is 12.8. The first-order valence-electron chi connectivity index (χ1n) is 9.05. The van der Waals surface area contributed by atoms with E-state index in [4.69, 9.17) is 0 Å². The molecule has 1 atom stereocenters. The third kappa shape index (κ3) is 3.52. The number of nitrogens with zero attached hydrogens (tertiary/aromatic N) is 4. The van der Waals surface area contributed by atoms with Crippen molar-refractivity contribution < 1.29 is 4.79 Å². The second kappa shape index (κ2) is 7.52. The molecular weight excluding hydrogens is 324 g/mol. The monoisotopic (exact) mass is 346 g/mol. The first kappa shape index (κ1) is 16.5. The van der Waals surface area contributed by atoms with E-state index in [1.807, 2.05) is 23.4 Å². The highest BCUT2D eigenvalue weighted by atomic mass is 16.2. The highest BCUT2D eigenvalue weighted by Crippen LogP contribution is 2.27. The lowest BCUT2D eigenvalue weighted by Crippen LogP contribution is -2.39. The summed E-state index contributed by atoms with van der Waals surface area (Å²) in [6.07, 6.45) is 9.29. The highest BCUT2D eigenvalue weighted by Gasteiger charge is 2.28. The molecule has 0 bridgehead atoms. The fraction of sp³-hybridized carbons (Fsp3) is 0.286. The van der Waals surface area contributed by atoms with Gasteiger partial charge in [-0.1, -0.05) is 30.3 Å². The summed E-state index contributed by atoms with van der Waals surface area (Å²) >= 11 is 0. The predicted molar refractivity (Wildman–Crippen MR) is 99.9 cm³/mol. The fourth-order valence-corrected chi connectivity index (χ4v) is 3.64. The Labute approximate surface area is 153 Å². The number of aromatic nitrogens is 3. The Hall–Kier alpha value is -2.95. The van der Waals surface area contributed by atoms with Gasteiger partial charge in [0.05, 0.1) is 0 Å². The van der Waals surface area contributed by atoms with E-state index in [1.54, 1.807) is 24.5 Å². The maximum Gasteiger partial charge on any atom is 0.253 e. The largest absolute Gasteiger partial charge is 0.338 e. The molecule has 1 amide bonds. The normalized spacial score (nSPS) is 17.2. The number of amides is 1. The van der Waals surface area contributed by atoms with Gasteiger partial charge >= 0.3 is 0 Å². The Morgan fingerprint density at radius 3 is 2.69 bits per heavy atom. The van der Waals surface area contributed by atoms with Gasteiger partial charge in [-0.3, -0.25) is 9.78 Å². The van der Waals surface area contributed by atoms with Crippen LogP contribution < -0.4 is 0 Å². The van der Waals surface area contributed by atoms with Crippen molar-refractivity contribution in [1.29, 1.82) is 0 Å². The molecule has 5 heteroatoms. The van der Waals surface area contributed by atoms with Crippen molar-refractivity contribution in [2.75, 3.05) is 13.1 Å². The van der Waals surface area contributed by atoms with Crippen LogP contribution in [0.15, 0.2) is 67.3 Å². The minimum absolute atomic E-state index is 0.0817. The molecule has 0 N–H and O–H groups in total. The van der Waals surface area contributed by atoms with Gasteiger partial charge in [0.25, 0.3) is 5.91 Å². The molecule has 1 saturated heterocycles. The molecule has 5 nitrogen and oxygen atoms in total. The van der Waals surface area contributed by atoms with Crippen LogP contribution in [-0.4, -0.2) is 38.4 Å². The lowest BCUT2D eigenvalue weighted by atomic mass is 9.96. The Kier molecular flexibility index (Phi) is 4.78. The van der Waals surface area contributed by atoms with E-state index in [9.17, 15) is 4.79 Å². The van der Waals surface area contributed by atoms with Crippen LogP contribution in [0.1, 0.15) is 40.5 Å². The summed E-state index contributed by atoms with van der Waals surface area (Å²) in [7, 11) is 0. The number of hydrogen-bond donors (Lipinski definition) is 0. The number of likely N-dealkylation sites (tertiary alicyclic amines) is 1. The van der Waals surface area contributed by atoms with E-state index in [0.717, 1.165) is 31.8 Å². The Balaban J connectivity index is 1.50. The van der Waals surface area contributed by atoms with E-state index in [-0.39, 0.29) is 11.8 Å². The van der Waals surface area contributed by atoms with Crippen molar-refractivity contribution >= 4 is 5.91 Å². The van der Waals surface area contributed by atoms with Gasteiger partial charge in [-0.25, -0.2) is 4.98 Å². The number of piperidine rings is 1. The van der Waals surface area contributed by atoms with E-state index in [2.05, 4.69) is 38.8 Å². The van der Waals surface area contributed by atoms with Gasteiger partial charge in [0.15, 0.2) is 0 Å². The SMILES string of the molecule is O=C(c1ccncc1)N1CCC[C@H](c2nccn2Cc2ccccc2)C1. The lowest BCUT2D eigenvalue weighted by molar-refractivity contribution is 0.0703. The number of imidazole rings is 1. The second-order valence-corrected chi connectivity index (χ2v) is 6.73. The van der Waals surface area contributed by atoms with Crippen LogP contribution in [0.2, 0.25) is 0 Å². The van der Waals surface area contributed by atoms with Crippen LogP contribution in [0, 0.1) is 0 Å². The number of benzene rings is 1. The van der Waals surface area contributed by atoms with Gasteiger partial charge in [0, 0.05) is 55.9 Å². The molecule has 0 aliphatic carbocycles. The summed E-state index contributed by atoms with van der Waals surface area (Å²) in [4.78, 5) is 23.3. The van der Waals surface area contributed by atoms with Crippen LogP contribution in [0.4, 0.5) is 0 Å². The zero-order valence-electron chi connectivity index (χ0n) is 14.7. The van der Waals surface area contributed by atoms with E-state index in [1.165, 1.54) is 5.56 Å². The summed E-state index contributed by atoms with van der Waals surface area (Å²) < 4.78 is 2.21. The molecule has 0 radical (unpaired) electrons. The molecule has 1 fully saturated rings. The van der Waals surface area contributed by atoms with E-state index >= 15 is 0 Å². The summed E-state index contributed by atoms with van der Waals surface area (Å²) in [6.45, 7) is 2.33. The molecule has 0 saturated carbocycles. The van der Waals surface area contributed by atoms with Gasteiger partial charge in [0.1, 0.15) is 5.82 Å². The molecule has 26 heavy (non-hydrogen) atoms. The van der Waals surface area contributed by atoms with E-state index in [0.29, 0.717) is 12.1 Å². The third-order valence-electron chi connectivity index (χ3n) is 4.94. The van der Waals surface area contributed by atoms with Gasteiger partial charge in [-0.15, -0.1) is 0 Å². The number of carbonyl (C=O) groups is 1. The van der Waals surface area contributed by atoms with Crippen LogP contribution in [0.25, 0.3) is 0 Å². The first-order chi connectivity index (χ1) is 12.8. The highest BCUT2D eigenvalue weighted by molar-refractivity contribution is 5.94. The van der Waals surface area contributed by atoms with Crippen molar-refractivity contribution in [3.05, 3.63) is 84.2 Å². The van der Waals surface area contributed by atoms with Crippen molar-refractivity contribution in [2.45, 2.75) is 25.3 Å². The average Bonchev–Trinajstić information content (AvgIpc) is 3.17. The predicted octanol–water partition coefficient (Wildman–Crippen LogP) is 3.35. The Bertz CT molecular complexity index is 860. The smallest absolute Gasteiger partial charge is 0.253 e. The topological polar surface area (TPSA) is 51.0 Å². The zero-order valence-corrected chi connectivity index (χ0v) is 14.7. The molecule has 2 aromatic heterocycles. The van der Waals surface area contributed by atoms with Crippen molar-refractivity contribution in [3.63, 3.8) is 0 Å². The second-order valence-electron chi connectivity index (χ2n) is 6.73. The summed E-state index contributed by atoms with van der Waals surface area (Å²) in [5.74, 6) is 1.42. The molecule has 1 aliphatic rings. The first-order valence-corrected chi connectivity index (χ1v) is 9.05. The molecule has 1 aromatic carbocycles. The van der Waals surface area contributed by atoms with Crippen LogP contribution >= 0.6 is 0 Å². The zero-order chi connectivity index (χ0) is 17.8. The number of hydrogen-bond acceptors (Lipinski definition) is 3.